The lowest BCUT2D eigenvalue weighted by molar-refractivity contribution is -0.111. The molecule has 0 radical (unpaired) electrons. The number of allylic oxidation sites excluding steroid dienone is 1. The number of aromatic nitrogens is 1. The molecule has 0 bridgehead atoms. The molecule has 150 valence electrons. The molecule has 0 saturated heterocycles. The van der Waals surface area contributed by atoms with Crippen LogP contribution in [-0.4, -0.2) is 18.0 Å². The Labute approximate surface area is 172 Å². The predicted molar refractivity (Wildman–Crippen MR) is 115 cm³/mol. The molecule has 0 aliphatic rings. The van der Waals surface area contributed by atoms with Crippen molar-refractivity contribution in [2.24, 2.45) is 0 Å². The SMILES string of the molecule is COc1cc2occ(-c3ccc(F)cc3)c2cc1/C(C)=C/C(=O)Nc1cccnc1. The van der Waals surface area contributed by atoms with Crippen LogP contribution in [0, 0.1) is 5.82 Å². The second-order valence-electron chi connectivity index (χ2n) is 6.76. The Bertz CT molecular complexity index is 1230. The Morgan fingerprint density at radius 3 is 2.70 bits per heavy atom. The van der Waals surface area contributed by atoms with Crippen molar-refractivity contribution in [1.82, 2.24) is 4.98 Å². The smallest absolute Gasteiger partial charge is 0.248 e. The molecule has 1 N–H and O–H groups in total. The Balaban J connectivity index is 1.72. The van der Waals surface area contributed by atoms with Gasteiger partial charge in [-0.25, -0.2) is 4.39 Å². The van der Waals surface area contributed by atoms with Crippen molar-refractivity contribution < 1.29 is 18.3 Å². The van der Waals surface area contributed by atoms with Crippen LogP contribution in [0.5, 0.6) is 5.75 Å². The van der Waals surface area contributed by atoms with Crippen molar-refractivity contribution in [3.63, 3.8) is 0 Å². The summed E-state index contributed by atoms with van der Waals surface area (Å²) in [5, 5.41) is 3.63. The topological polar surface area (TPSA) is 64.4 Å². The third kappa shape index (κ3) is 3.93. The average molecular weight is 402 g/mol. The highest BCUT2D eigenvalue weighted by Crippen LogP contribution is 2.37. The molecule has 0 fully saturated rings. The first-order valence-corrected chi connectivity index (χ1v) is 9.30. The van der Waals surface area contributed by atoms with E-state index in [-0.39, 0.29) is 11.7 Å². The first-order chi connectivity index (χ1) is 14.5. The number of carbonyl (C=O) groups excluding carboxylic acids is 1. The molecule has 2 aromatic heterocycles. The van der Waals surface area contributed by atoms with E-state index in [0.29, 0.717) is 17.0 Å². The largest absolute Gasteiger partial charge is 0.496 e. The maximum absolute atomic E-state index is 13.3. The standard InChI is InChI=1S/C24H19FN2O3/c1-15(10-24(28)27-18-4-3-9-26-13-18)19-11-20-21(16-5-7-17(25)8-6-16)14-30-23(20)12-22(19)29-2/h3-14H,1-2H3,(H,27,28)/b15-10+. The van der Waals surface area contributed by atoms with Gasteiger partial charge < -0.3 is 14.5 Å². The minimum Gasteiger partial charge on any atom is -0.496 e. The number of benzene rings is 2. The van der Waals surface area contributed by atoms with Gasteiger partial charge in [-0.15, -0.1) is 0 Å². The van der Waals surface area contributed by atoms with Crippen LogP contribution in [0.4, 0.5) is 10.1 Å². The molecule has 0 saturated carbocycles. The predicted octanol–water partition coefficient (Wildman–Crippen LogP) is 5.68. The lowest BCUT2D eigenvalue weighted by Gasteiger charge is -2.10. The molecular weight excluding hydrogens is 383 g/mol. The van der Waals surface area contributed by atoms with Crippen LogP contribution in [0.15, 0.2) is 77.7 Å². The van der Waals surface area contributed by atoms with Crippen molar-refractivity contribution in [2.45, 2.75) is 6.92 Å². The zero-order chi connectivity index (χ0) is 21.1. The summed E-state index contributed by atoms with van der Waals surface area (Å²) < 4.78 is 24.5. The van der Waals surface area contributed by atoms with Crippen LogP contribution in [-0.2, 0) is 4.79 Å². The van der Waals surface area contributed by atoms with E-state index in [9.17, 15) is 9.18 Å². The number of nitrogens with zero attached hydrogens (tertiary/aromatic N) is 1. The third-order valence-corrected chi connectivity index (χ3v) is 4.75. The van der Waals surface area contributed by atoms with Crippen molar-refractivity contribution in [1.29, 1.82) is 0 Å². The highest BCUT2D eigenvalue weighted by Gasteiger charge is 2.15. The van der Waals surface area contributed by atoms with Gasteiger partial charge in [0.15, 0.2) is 0 Å². The van der Waals surface area contributed by atoms with Crippen LogP contribution in [0.25, 0.3) is 27.7 Å². The first kappa shape index (κ1) is 19.4. The maximum atomic E-state index is 13.3. The van der Waals surface area contributed by atoms with E-state index in [2.05, 4.69) is 10.3 Å². The van der Waals surface area contributed by atoms with Crippen LogP contribution in [0.2, 0.25) is 0 Å². The van der Waals surface area contributed by atoms with E-state index in [1.54, 1.807) is 56.1 Å². The van der Waals surface area contributed by atoms with Crippen LogP contribution < -0.4 is 10.1 Å². The molecule has 5 nitrogen and oxygen atoms in total. The number of furan rings is 1. The number of anilines is 1. The molecule has 6 heteroatoms. The Morgan fingerprint density at radius 1 is 1.20 bits per heavy atom. The Hall–Kier alpha value is -3.93. The molecule has 2 heterocycles. The number of fused-ring (bicyclic) bond motifs is 1. The van der Waals surface area contributed by atoms with Gasteiger partial charge in [-0.3, -0.25) is 9.78 Å². The highest BCUT2D eigenvalue weighted by atomic mass is 19.1. The lowest BCUT2D eigenvalue weighted by atomic mass is 9.99. The van der Waals surface area contributed by atoms with Crippen molar-refractivity contribution in [3.8, 4) is 16.9 Å². The minimum absolute atomic E-state index is 0.270. The number of hydrogen-bond acceptors (Lipinski definition) is 4. The Kier molecular flexibility index (Phi) is 5.30. The van der Waals surface area contributed by atoms with Crippen molar-refractivity contribution in [3.05, 3.63) is 84.6 Å². The zero-order valence-corrected chi connectivity index (χ0v) is 16.5. The fraction of sp³-hybridized carbons (Fsp3) is 0.0833. The number of halogens is 1. The van der Waals surface area contributed by atoms with Crippen LogP contribution in [0.1, 0.15) is 12.5 Å². The highest BCUT2D eigenvalue weighted by molar-refractivity contribution is 6.05. The lowest BCUT2D eigenvalue weighted by Crippen LogP contribution is -2.08. The summed E-state index contributed by atoms with van der Waals surface area (Å²) in [6.07, 6.45) is 6.36. The number of carbonyl (C=O) groups is 1. The maximum Gasteiger partial charge on any atom is 0.248 e. The zero-order valence-electron chi connectivity index (χ0n) is 16.5. The summed E-state index contributed by atoms with van der Waals surface area (Å²) in [5.41, 5.74) is 4.41. The van der Waals surface area contributed by atoms with Gasteiger partial charge in [0.2, 0.25) is 5.91 Å². The number of methoxy groups -OCH3 is 1. The molecule has 4 rings (SSSR count). The molecule has 0 spiro atoms. The van der Waals surface area contributed by atoms with Gasteiger partial charge in [-0.05, 0) is 48.4 Å². The summed E-state index contributed by atoms with van der Waals surface area (Å²) >= 11 is 0. The summed E-state index contributed by atoms with van der Waals surface area (Å²) in [6, 6.07) is 13.4. The van der Waals surface area contributed by atoms with Crippen LogP contribution in [0.3, 0.4) is 0 Å². The first-order valence-electron chi connectivity index (χ1n) is 9.30. The van der Waals surface area contributed by atoms with E-state index in [0.717, 1.165) is 27.6 Å². The van der Waals surface area contributed by atoms with Gasteiger partial charge in [0, 0.05) is 34.9 Å². The van der Waals surface area contributed by atoms with Gasteiger partial charge in [-0.2, -0.15) is 0 Å². The van der Waals surface area contributed by atoms with Gasteiger partial charge >= 0.3 is 0 Å². The van der Waals surface area contributed by atoms with E-state index in [1.165, 1.54) is 18.2 Å². The summed E-state index contributed by atoms with van der Waals surface area (Å²) in [6.45, 7) is 1.84. The molecule has 0 aliphatic heterocycles. The number of hydrogen-bond donors (Lipinski definition) is 1. The van der Waals surface area contributed by atoms with Crippen molar-refractivity contribution >= 4 is 28.1 Å². The molecule has 2 aromatic carbocycles. The number of amides is 1. The minimum atomic E-state index is -0.299. The third-order valence-electron chi connectivity index (χ3n) is 4.75. The second-order valence-corrected chi connectivity index (χ2v) is 6.76. The summed E-state index contributed by atoms with van der Waals surface area (Å²) in [5.74, 6) is 0.0198. The quantitative estimate of drug-likeness (QED) is 0.436. The number of ether oxygens (including phenoxy) is 1. The normalized spacial score (nSPS) is 11.5. The van der Waals surface area contributed by atoms with E-state index >= 15 is 0 Å². The fourth-order valence-corrected chi connectivity index (χ4v) is 3.27. The number of rotatable bonds is 5. The van der Waals surface area contributed by atoms with E-state index in [4.69, 9.17) is 9.15 Å². The van der Waals surface area contributed by atoms with E-state index in [1.807, 2.05) is 13.0 Å². The number of nitrogens with one attached hydrogen (secondary N) is 1. The molecular formula is C24H19FN2O3. The number of pyridine rings is 1. The van der Waals surface area contributed by atoms with Crippen LogP contribution >= 0.6 is 0 Å². The van der Waals surface area contributed by atoms with E-state index < -0.39 is 0 Å². The molecule has 0 atom stereocenters. The fourth-order valence-electron chi connectivity index (χ4n) is 3.27. The summed E-state index contributed by atoms with van der Waals surface area (Å²) in [7, 11) is 1.57. The molecule has 0 aliphatic carbocycles. The van der Waals surface area contributed by atoms with Gasteiger partial charge in [0.25, 0.3) is 0 Å². The Morgan fingerprint density at radius 2 is 2.00 bits per heavy atom. The van der Waals surface area contributed by atoms with Gasteiger partial charge in [0.05, 0.1) is 25.3 Å². The molecule has 1 amide bonds. The second kappa shape index (κ2) is 8.21. The molecule has 30 heavy (non-hydrogen) atoms. The van der Waals surface area contributed by atoms with Gasteiger partial charge in [0.1, 0.15) is 17.1 Å². The summed E-state index contributed by atoms with van der Waals surface area (Å²) in [4.78, 5) is 16.4. The molecule has 0 unspecified atom stereocenters. The van der Waals surface area contributed by atoms with Gasteiger partial charge in [-0.1, -0.05) is 12.1 Å². The monoisotopic (exact) mass is 402 g/mol. The van der Waals surface area contributed by atoms with Crippen molar-refractivity contribution in [2.75, 3.05) is 12.4 Å². The molecule has 4 aromatic rings. The average Bonchev–Trinajstić information content (AvgIpc) is 3.16.